The lowest BCUT2D eigenvalue weighted by molar-refractivity contribution is 0.0896. The number of halogens is 2. The number of nitrogens with one attached hydrogen (secondary N) is 1. The van der Waals surface area contributed by atoms with Crippen molar-refractivity contribution in [1.29, 1.82) is 0 Å². The minimum Gasteiger partial charge on any atom is -0.340 e. The van der Waals surface area contributed by atoms with Gasteiger partial charge in [0.2, 0.25) is 11.7 Å². The zero-order valence-electron chi connectivity index (χ0n) is 15.8. The summed E-state index contributed by atoms with van der Waals surface area (Å²) in [6, 6.07) is 14.2. The van der Waals surface area contributed by atoms with Crippen LogP contribution in [0, 0.1) is 5.92 Å². The van der Waals surface area contributed by atoms with Crippen molar-refractivity contribution >= 4 is 29.1 Å². The van der Waals surface area contributed by atoms with Gasteiger partial charge in [-0.25, -0.2) is 0 Å². The second kappa shape index (κ2) is 8.97. The molecule has 1 heterocycles. The minimum absolute atomic E-state index is 0.237. The normalized spacial score (nSPS) is 15.8. The van der Waals surface area contributed by atoms with Crippen molar-refractivity contribution in [3.63, 3.8) is 0 Å². The van der Waals surface area contributed by atoms with E-state index in [1.807, 2.05) is 30.3 Å². The summed E-state index contributed by atoms with van der Waals surface area (Å²) in [7, 11) is 0. The van der Waals surface area contributed by atoms with Gasteiger partial charge in [0, 0.05) is 11.1 Å². The van der Waals surface area contributed by atoms with E-state index in [1.54, 1.807) is 18.2 Å². The molecule has 1 aliphatic rings. The second-order valence-corrected chi connectivity index (χ2v) is 8.11. The van der Waals surface area contributed by atoms with Crippen LogP contribution in [0.5, 0.6) is 0 Å². The van der Waals surface area contributed by atoms with E-state index >= 15 is 0 Å². The summed E-state index contributed by atoms with van der Waals surface area (Å²) in [5.74, 6) is 0.965. The van der Waals surface area contributed by atoms with Crippen molar-refractivity contribution in [3.05, 3.63) is 70.0 Å². The number of carbonyl (C=O) groups excluding carboxylic acids is 1. The first kappa shape index (κ1) is 19.9. The monoisotopic (exact) mass is 429 g/mol. The maximum absolute atomic E-state index is 12.9. The number of benzene rings is 2. The number of aromatic nitrogens is 2. The van der Waals surface area contributed by atoms with Crippen LogP contribution >= 0.6 is 23.2 Å². The highest BCUT2D eigenvalue weighted by Gasteiger charge is 2.31. The Balaban J connectivity index is 1.61. The van der Waals surface area contributed by atoms with E-state index in [4.69, 9.17) is 27.7 Å². The Morgan fingerprint density at radius 1 is 1.03 bits per heavy atom. The van der Waals surface area contributed by atoms with Gasteiger partial charge < -0.3 is 9.84 Å². The predicted molar refractivity (Wildman–Crippen MR) is 113 cm³/mol. The molecule has 1 unspecified atom stereocenters. The molecule has 29 heavy (non-hydrogen) atoms. The summed E-state index contributed by atoms with van der Waals surface area (Å²) in [4.78, 5) is 17.5. The van der Waals surface area contributed by atoms with Crippen molar-refractivity contribution in [3.8, 4) is 11.4 Å². The van der Waals surface area contributed by atoms with Crippen molar-refractivity contribution in [2.45, 2.75) is 38.1 Å². The van der Waals surface area contributed by atoms with Crippen molar-refractivity contribution in [1.82, 2.24) is 15.5 Å². The first-order valence-corrected chi connectivity index (χ1v) is 10.5. The van der Waals surface area contributed by atoms with Gasteiger partial charge in [0.05, 0.1) is 10.0 Å². The number of rotatable bonds is 5. The predicted octanol–water partition coefficient (Wildman–Crippen LogP) is 6.09. The third-order valence-corrected chi connectivity index (χ3v) is 6.07. The fourth-order valence-corrected chi connectivity index (χ4v) is 4.07. The molecule has 1 saturated carbocycles. The fourth-order valence-electron chi connectivity index (χ4n) is 3.78. The molecule has 7 heteroatoms. The van der Waals surface area contributed by atoms with E-state index < -0.39 is 0 Å². The molecule has 0 bridgehead atoms. The molecule has 1 aliphatic carbocycles. The average Bonchev–Trinajstić information content (AvgIpc) is 3.25. The molecule has 0 aliphatic heterocycles. The Hall–Kier alpha value is -2.37. The fraction of sp³-hybridized carbons (Fsp3) is 0.318. The topological polar surface area (TPSA) is 68.0 Å². The maximum Gasteiger partial charge on any atom is 0.251 e. The maximum atomic E-state index is 12.9. The van der Waals surface area contributed by atoms with E-state index in [1.165, 1.54) is 6.42 Å². The van der Waals surface area contributed by atoms with E-state index in [2.05, 4.69) is 15.5 Å². The summed E-state index contributed by atoms with van der Waals surface area (Å²) in [6.07, 6.45) is 5.49. The standard InChI is InChI=1S/C22H21Cl2N3O2/c23-17-12-11-16(13-18(17)24)21(28)25-19(14-7-3-1-4-8-14)22-26-20(27-29-22)15-9-5-2-6-10-15/h2,5-6,9-14,19H,1,3-4,7-8H2,(H,25,28). The lowest BCUT2D eigenvalue weighted by Gasteiger charge is -2.28. The molecule has 0 spiro atoms. The Bertz CT molecular complexity index is 985. The summed E-state index contributed by atoms with van der Waals surface area (Å²) in [6.45, 7) is 0. The molecule has 4 rings (SSSR count). The van der Waals surface area contributed by atoms with Crippen molar-refractivity contribution < 1.29 is 9.32 Å². The molecule has 0 radical (unpaired) electrons. The highest BCUT2D eigenvalue weighted by atomic mass is 35.5. The largest absolute Gasteiger partial charge is 0.340 e. The highest BCUT2D eigenvalue weighted by molar-refractivity contribution is 6.42. The van der Waals surface area contributed by atoms with Crippen LogP contribution in [0.2, 0.25) is 10.0 Å². The molecule has 1 N–H and O–H groups in total. The number of hydrogen-bond acceptors (Lipinski definition) is 4. The van der Waals surface area contributed by atoms with E-state index in [9.17, 15) is 4.79 Å². The Morgan fingerprint density at radius 3 is 2.52 bits per heavy atom. The lowest BCUT2D eigenvalue weighted by atomic mass is 9.83. The third kappa shape index (κ3) is 4.62. The number of hydrogen-bond donors (Lipinski definition) is 1. The molecule has 1 fully saturated rings. The van der Waals surface area contributed by atoms with Crippen LogP contribution in [-0.2, 0) is 0 Å². The molecule has 1 atom stereocenters. The van der Waals surface area contributed by atoms with Crippen LogP contribution in [0.4, 0.5) is 0 Å². The first-order chi connectivity index (χ1) is 14.1. The van der Waals surface area contributed by atoms with Crippen molar-refractivity contribution in [2.24, 2.45) is 5.92 Å². The third-order valence-electron chi connectivity index (χ3n) is 5.33. The summed E-state index contributed by atoms with van der Waals surface area (Å²) < 4.78 is 5.59. The van der Waals surface area contributed by atoms with E-state index in [0.29, 0.717) is 27.3 Å². The van der Waals surface area contributed by atoms with Crippen LogP contribution in [0.15, 0.2) is 53.1 Å². The number of carbonyl (C=O) groups is 1. The molecular formula is C22H21Cl2N3O2. The first-order valence-electron chi connectivity index (χ1n) is 9.77. The van der Waals surface area contributed by atoms with Crippen LogP contribution < -0.4 is 5.32 Å². The zero-order chi connectivity index (χ0) is 20.2. The summed E-state index contributed by atoms with van der Waals surface area (Å²) >= 11 is 12.1. The molecule has 150 valence electrons. The summed E-state index contributed by atoms with van der Waals surface area (Å²) in [5, 5.41) is 7.98. The minimum atomic E-state index is -0.345. The zero-order valence-corrected chi connectivity index (χ0v) is 17.3. The van der Waals surface area contributed by atoms with Gasteiger partial charge in [0.1, 0.15) is 6.04 Å². The van der Waals surface area contributed by atoms with Crippen LogP contribution in [0.3, 0.4) is 0 Å². The second-order valence-electron chi connectivity index (χ2n) is 7.30. The highest BCUT2D eigenvalue weighted by Crippen LogP contribution is 2.35. The average molecular weight is 430 g/mol. The SMILES string of the molecule is O=C(NC(c1nc(-c2ccccc2)no1)C1CCCCC1)c1ccc(Cl)c(Cl)c1. The Kier molecular flexibility index (Phi) is 6.16. The van der Waals surface area contributed by atoms with Gasteiger partial charge in [-0.2, -0.15) is 4.98 Å². The van der Waals surface area contributed by atoms with Gasteiger partial charge in [-0.1, -0.05) is 78.0 Å². The molecule has 1 aromatic heterocycles. The molecule has 0 saturated heterocycles. The van der Waals surface area contributed by atoms with Gasteiger partial charge in [-0.15, -0.1) is 0 Å². The van der Waals surface area contributed by atoms with Gasteiger partial charge in [-0.05, 0) is 37.0 Å². The molecule has 5 nitrogen and oxygen atoms in total. The Labute approximate surface area is 179 Å². The van der Waals surface area contributed by atoms with Crippen LogP contribution in [0.1, 0.15) is 54.4 Å². The van der Waals surface area contributed by atoms with Gasteiger partial charge in [0.15, 0.2) is 0 Å². The summed E-state index contributed by atoms with van der Waals surface area (Å²) in [5.41, 5.74) is 1.32. The van der Waals surface area contributed by atoms with Crippen LogP contribution in [0.25, 0.3) is 11.4 Å². The van der Waals surface area contributed by atoms with Crippen LogP contribution in [-0.4, -0.2) is 16.0 Å². The number of amides is 1. The lowest BCUT2D eigenvalue weighted by Crippen LogP contribution is -2.34. The molecule has 2 aromatic carbocycles. The van der Waals surface area contributed by atoms with Gasteiger partial charge in [0.25, 0.3) is 5.91 Å². The smallest absolute Gasteiger partial charge is 0.251 e. The van der Waals surface area contributed by atoms with Gasteiger partial charge in [-0.3, -0.25) is 4.79 Å². The van der Waals surface area contributed by atoms with Gasteiger partial charge >= 0.3 is 0 Å². The molecule has 3 aromatic rings. The number of nitrogens with zero attached hydrogens (tertiary/aromatic N) is 2. The quantitative estimate of drug-likeness (QED) is 0.532. The van der Waals surface area contributed by atoms with Crippen molar-refractivity contribution in [2.75, 3.05) is 0 Å². The Morgan fingerprint density at radius 2 is 1.79 bits per heavy atom. The van der Waals surface area contributed by atoms with E-state index in [0.717, 1.165) is 31.2 Å². The molecular weight excluding hydrogens is 409 g/mol. The molecule has 1 amide bonds. The van der Waals surface area contributed by atoms with E-state index in [-0.39, 0.29) is 17.9 Å².